The normalized spacial score (nSPS) is 17.2. The molecular weight excluding hydrogens is 348 g/mol. The maximum absolute atomic E-state index is 12.0. The highest BCUT2D eigenvalue weighted by atomic mass is 32.2. The zero-order chi connectivity index (χ0) is 18.3. The maximum atomic E-state index is 12.0. The van der Waals surface area contributed by atoms with E-state index in [9.17, 15) is 18.0 Å². The summed E-state index contributed by atoms with van der Waals surface area (Å²) in [5.41, 5.74) is 0.923. The Morgan fingerprint density at radius 3 is 2.64 bits per heavy atom. The first kappa shape index (κ1) is 19.4. The van der Waals surface area contributed by atoms with Gasteiger partial charge in [-0.1, -0.05) is 17.7 Å². The Balaban J connectivity index is 1.69. The van der Waals surface area contributed by atoms with E-state index in [1.807, 2.05) is 6.92 Å². The Bertz CT molecular complexity index is 696. The highest BCUT2D eigenvalue weighted by Gasteiger charge is 2.18. The van der Waals surface area contributed by atoms with Gasteiger partial charge in [0.1, 0.15) is 6.54 Å². The van der Waals surface area contributed by atoms with Crippen molar-refractivity contribution in [2.24, 2.45) is 0 Å². The van der Waals surface area contributed by atoms with E-state index < -0.39 is 35.1 Å². The summed E-state index contributed by atoms with van der Waals surface area (Å²) in [5.74, 6) is -1.28. The molecule has 25 heavy (non-hydrogen) atoms. The van der Waals surface area contributed by atoms with Crippen molar-refractivity contribution >= 4 is 21.9 Å². The SMILES string of the molecule is Cc1ccc(S(=O)(=O)NCC(=O)OCC(=O)NC[C@@H]2CCCO2)cc1. The number of hydrogen-bond donors (Lipinski definition) is 2. The molecule has 0 spiro atoms. The molecule has 0 radical (unpaired) electrons. The van der Waals surface area contributed by atoms with E-state index in [1.54, 1.807) is 12.1 Å². The van der Waals surface area contributed by atoms with Gasteiger partial charge in [0, 0.05) is 13.2 Å². The van der Waals surface area contributed by atoms with Crippen molar-refractivity contribution in [1.82, 2.24) is 10.0 Å². The zero-order valence-corrected chi connectivity index (χ0v) is 14.8. The first-order valence-electron chi connectivity index (χ1n) is 7.97. The van der Waals surface area contributed by atoms with Crippen molar-refractivity contribution in [2.45, 2.75) is 30.8 Å². The Morgan fingerprint density at radius 1 is 1.28 bits per heavy atom. The van der Waals surface area contributed by atoms with E-state index in [2.05, 4.69) is 10.0 Å². The van der Waals surface area contributed by atoms with Crippen LogP contribution in [-0.2, 0) is 29.1 Å². The van der Waals surface area contributed by atoms with E-state index in [4.69, 9.17) is 9.47 Å². The molecule has 0 aliphatic carbocycles. The van der Waals surface area contributed by atoms with E-state index in [-0.39, 0.29) is 11.0 Å². The Labute approximate surface area is 146 Å². The number of aryl methyl sites for hydroxylation is 1. The molecule has 1 saturated heterocycles. The molecular formula is C16H22N2O6S. The van der Waals surface area contributed by atoms with Crippen LogP contribution in [0.4, 0.5) is 0 Å². The molecule has 0 aromatic heterocycles. The fraction of sp³-hybridized carbons (Fsp3) is 0.500. The van der Waals surface area contributed by atoms with Crippen LogP contribution in [0.3, 0.4) is 0 Å². The van der Waals surface area contributed by atoms with Crippen molar-refractivity contribution in [3.63, 3.8) is 0 Å². The Morgan fingerprint density at radius 2 is 2.00 bits per heavy atom. The summed E-state index contributed by atoms with van der Waals surface area (Å²) in [6, 6.07) is 6.21. The van der Waals surface area contributed by atoms with Crippen LogP contribution in [0.5, 0.6) is 0 Å². The molecule has 9 heteroatoms. The van der Waals surface area contributed by atoms with E-state index >= 15 is 0 Å². The van der Waals surface area contributed by atoms with Gasteiger partial charge in [0.15, 0.2) is 6.61 Å². The van der Waals surface area contributed by atoms with Crippen LogP contribution in [0.25, 0.3) is 0 Å². The standard InChI is InChI=1S/C16H22N2O6S/c1-12-4-6-14(7-5-12)25(21,22)18-10-16(20)24-11-15(19)17-9-13-3-2-8-23-13/h4-7,13,18H,2-3,8-11H2,1H3,(H,17,19)/t13-/m0/s1. The summed E-state index contributed by atoms with van der Waals surface area (Å²) in [6.07, 6.45) is 1.86. The lowest BCUT2D eigenvalue weighted by Crippen LogP contribution is -2.36. The molecule has 0 unspecified atom stereocenters. The number of carbonyl (C=O) groups excluding carboxylic acids is 2. The van der Waals surface area contributed by atoms with Crippen LogP contribution in [0.1, 0.15) is 18.4 Å². The highest BCUT2D eigenvalue weighted by molar-refractivity contribution is 7.89. The summed E-state index contributed by atoms with van der Waals surface area (Å²) >= 11 is 0. The van der Waals surface area contributed by atoms with Gasteiger partial charge in [0.05, 0.1) is 11.0 Å². The van der Waals surface area contributed by atoms with Crippen molar-refractivity contribution in [3.8, 4) is 0 Å². The van der Waals surface area contributed by atoms with Crippen molar-refractivity contribution in [2.75, 3.05) is 26.3 Å². The quantitative estimate of drug-likeness (QED) is 0.629. The number of sulfonamides is 1. The van der Waals surface area contributed by atoms with Crippen LogP contribution >= 0.6 is 0 Å². The average molecular weight is 370 g/mol. The second-order valence-corrected chi connectivity index (χ2v) is 7.50. The number of benzene rings is 1. The number of amides is 1. The molecule has 1 aromatic rings. The van der Waals surface area contributed by atoms with E-state index in [0.29, 0.717) is 13.2 Å². The van der Waals surface area contributed by atoms with Crippen molar-refractivity contribution < 1.29 is 27.5 Å². The van der Waals surface area contributed by atoms with E-state index in [1.165, 1.54) is 12.1 Å². The fourth-order valence-corrected chi connectivity index (χ4v) is 3.20. The highest BCUT2D eigenvalue weighted by Crippen LogP contribution is 2.10. The molecule has 1 atom stereocenters. The van der Waals surface area contributed by atoms with Crippen LogP contribution in [0, 0.1) is 6.92 Å². The number of nitrogens with one attached hydrogen (secondary N) is 2. The van der Waals surface area contributed by atoms with Crippen LogP contribution in [-0.4, -0.2) is 52.7 Å². The monoisotopic (exact) mass is 370 g/mol. The molecule has 138 valence electrons. The summed E-state index contributed by atoms with van der Waals surface area (Å²) in [6.45, 7) is 1.89. The fourth-order valence-electron chi connectivity index (χ4n) is 2.24. The van der Waals surface area contributed by atoms with Crippen molar-refractivity contribution in [1.29, 1.82) is 0 Å². The minimum Gasteiger partial charge on any atom is -0.455 e. The van der Waals surface area contributed by atoms with Gasteiger partial charge < -0.3 is 14.8 Å². The molecule has 0 bridgehead atoms. The van der Waals surface area contributed by atoms with Gasteiger partial charge in [-0.2, -0.15) is 4.72 Å². The minimum absolute atomic E-state index is 0.000898. The molecule has 8 nitrogen and oxygen atoms in total. The second-order valence-electron chi connectivity index (χ2n) is 5.74. The number of hydrogen-bond acceptors (Lipinski definition) is 6. The third-order valence-electron chi connectivity index (χ3n) is 3.65. The topological polar surface area (TPSA) is 111 Å². The predicted octanol–water partition coefficient (Wildman–Crippen LogP) is 0.112. The first-order chi connectivity index (χ1) is 11.9. The minimum atomic E-state index is -3.80. The third-order valence-corrected chi connectivity index (χ3v) is 5.07. The summed E-state index contributed by atoms with van der Waals surface area (Å²) in [4.78, 5) is 23.2. The molecule has 0 saturated carbocycles. The van der Waals surface area contributed by atoms with Crippen LogP contribution < -0.4 is 10.0 Å². The third kappa shape index (κ3) is 6.45. The van der Waals surface area contributed by atoms with Crippen molar-refractivity contribution in [3.05, 3.63) is 29.8 Å². The number of ether oxygens (including phenoxy) is 2. The Kier molecular flexibility index (Phi) is 6.91. The summed E-state index contributed by atoms with van der Waals surface area (Å²) < 4.78 is 36.3. The van der Waals surface area contributed by atoms with Crippen LogP contribution in [0.15, 0.2) is 29.2 Å². The number of carbonyl (C=O) groups is 2. The lowest BCUT2D eigenvalue weighted by atomic mass is 10.2. The summed E-state index contributed by atoms with van der Waals surface area (Å²) in [7, 11) is -3.80. The average Bonchev–Trinajstić information content (AvgIpc) is 3.10. The van der Waals surface area contributed by atoms with E-state index in [0.717, 1.165) is 18.4 Å². The van der Waals surface area contributed by atoms with Gasteiger partial charge in [0.25, 0.3) is 5.91 Å². The van der Waals surface area contributed by atoms with Gasteiger partial charge in [-0.3, -0.25) is 9.59 Å². The molecule has 1 heterocycles. The maximum Gasteiger partial charge on any atom is 0.321 e. The smallest absolute Gasteiger partial charge is 0.321 e. The van der Waals surface area contributed by atoms with Crippen LogP contribution in [0.2, 0.25) is 0 Å². The lowest BCUT2D eigenvalue weighted by molar-refractivity contribution is -0.147. The van der Waals surface area contributed by atoms with Gasteiger partial charge >= 0.3 is 5.97 Å². The van der Waals surface area contributed by atoms with Gasteiger partial charge in [-0.15, -0.1) is 0 Å². The molecule has 2 N–H and O–H groups in total. The number of rotatable bonds is 8. The molecule has 2 rings (SSSR count). The first-order valence-corrected chi connectivity index (χ1v) is 9.45. The van der Waals surface area contributed by atoms with Gasteiger partial charge in [0.2, 0.25) is 10.0 Å². The van der Waals surface area contributed by atoms with Gasteiger partial charge in [-0.05, 0) is 31.9 Å². The largest absolute Gasteiger partial charge is 0.455 e. The second kappa shape index (κ2) is 8.93. The molecule has 1 fully saturated rings. The van der Waals surface area contributed by atoms with Gasteiger partial charge in [-0.25, -0.2) is 8.42 Å². The summed E-state index contributed by atoms with van der Waals surface area (Å²) in [5, 5.41) is 2.60. The lowest BCUT2D eigenvalue weighted by Gasteiger charge is -2.11. The Hall–Kier alpha value is -1.97. The molecule has 1 aliphatic heterocycles. The number of esters is 1. The molecule has 1 aromatic carbocycles. The predicted molar refractivity (Wildman–Crippen MR) is 89.3 cm³/mol. The molecule has 1 amide bonds. The molecule has 1 aliphatic rings. The zero-order valence-electron chi connectivity index (χ0n) is 14.0.